The Morgan fingerprint density at radius 2 is 1.72 bits per heavy atom. The van der Waals surface area contributed by atoms with E-state index in [9.17, 15) is 18.3 Å². The smallest absolute Gasteiger partial charge is 0.329 e. The zero-order valence-corrected chi connectivity index (χ0v) is 23.3. The molecule has 0 aliphatic heterocycles. The number of sulfonamides is 1. The van der Waals surface area contributed by atoms with Gasteiger partial charge in [0.2, 0.25) is 0 Å². The van der Waals surface area contributed by atoms with Crippen molar-refractivity contribution in [2.45, 2.75) is 50.3 Å². The average Bonchev–Trinajstić information content (AvgIpc) is 3.71. The minimum absolute atomic E-state index is 0.0103. The van der Waals surface area contributed by atoms with Crippen LogP contribution in [0.1, 0.15) is 45.4 Å². The number of rotatable bonds is 10. The van der Waals surface area contributed by atoms with Gasteiger partial charge in [0.1, 0.15) is 28.4 Å². The lowest BCUT2D eigenvalue weighted by atomic mass is 10.1. The van der Waals surface area contributed by atoms with Gasteiger partial charge in [-0.25, -0.2) is 17.9 Å². The highest BCUT2D eigenvalue weighted by Crippen LogP contribution is 2.34. The second kappa shape index (κ2) is 11.6. The molecule has 4 rings (SSSR count). The molecule has 3 aromatic carbocycles. The largest absolute Gasteiger partial charge is 0.497 e. The molecule has 1 aliphatic carbocycles. The van der Waals surface area contributed by atoms with Crippen LogP contribution >= 0.6 is 0 Å². The van der Waals surface area contributed by atoms with Gasteiger partial charge in [0, 0.05) is 12.1 Å². The van der Waals surface area contributed by atoms with Gasteiger partial charge in [0.05, 0.1) is 7.11 Å². The van der Waals surface area contributed by atoms with Gasteiger partial charge in [-0.05, 0) is 92.6 Å². The zero-order valence-electron chi connectivity index (χ0n) is 22.5. The first-order chi connectivity index (χ1) is 18.4. The van der Waals surface area contributed by atoms with Crippen molar-refractivity contribution >= 4 is 16.1 Å². The van der Waals surface area contributed by atoms with E-state index in [0.717, 1.165) is 29.7 Å². The van der Waals surface area contributed by atoms with Gasteiger partial charge >= 0.3 is 6.03 Å². The van der Waals surface area contributed by atoms with E-state index in [1.54, 1.807) is 52.1 Å². The molecular formula is C29H35N3O6S. The van der Waals surface area contributed by atoms with Crippen LogP contribution in [0.5, 0.6) is 17.2 Å². The van der Waals surface area contributed by atoms with Crippen LogP contribution in [-0.4, -0.2) is 38.7 Å². The molecule has 0 spiro atoms. The van der Waals surface area contributed by atoms with Crippen molar-refractivity contribution in [3.8, 4) is 28.4 Å². The van der Waals surface area contributed by atoms with Gasteiger partial charge in [-0.1, -0.05) is 30.3 Å². The molecule has 10 heteroatoms. The average molecular weight is 554 g/mol. The van der Waals surface area contributed by atoms with E-state index in [4.69, 9.17) is 9.47 Å². The fourth-order valence-electron chi connectivity index (χ4n) is 3.90. The van der Waals surface area contributed by atoms with Gasteiger partial charge in [-0.15, -0.1) is 0 Å². The van der Waals surface area contributed by atoms with Crippen LogP contribution in [-0.2, 0) is 10.0 Å². The Balaban J connectivity index is 1.64. The number of urea groups is 1. The summed E-state index contributed by atoms with van der Waals surface area (Å²) in [6.45, 7) is 5.86. The van der Waals surface area contributed by atoms with E-state index >= 15 is 0 Å². The van der Waals surface area contributed by atoms with Crippen LogP contribution in [0, 0.1) is 5.92 Å². The first kappa shape index (κ1) is 28.4. The molecule has 9 nitrogen and oxygen atoms in total. The maximum atomic E-state index is 13.4. The number of aliphatic hydroxyl groups is 1. The number of benzene rings is 3. The van der Waals surface area contributed by atoms with Crippen LogP contribution in [0.4, 0.5) is 4.79 Å². The predicted octanol–water partition coefficient (Wildman–Crippen LogP) is 4.93. The minimum Gasteiger partial charge on any atom is -0.497 e. The van der Waals surface area contributed by atoms with Crippen LogP contribution in [0.25, 0.3) is 11.1 Å². The third kappa shape index (κ3) is 7.95. The summed E-state index contributed by atoms with van der Waals surface area (Å²) in [7, 11) is -2.77. The third-order valence-electron chi connectivity index (χ3n) is 6.07. The Morgan fingerprint density at radius 1 is 1.00 bits per heavy atom. The fourth-order valence-corrected chi connectivity index (χ4v) is 4.97. The van der Waals surface area contributed by atoms with Crippen molar-refractivity contribution in [1.29, 1.82) is 0 Å². The van der Waals surface area contributed by atoms with E-state index in [0.29, 0.717) is 23.8 Å². The molecule has 0 aromatic heterocycles. The van der Waals surface area contributed by atoms with E-state index in [2.05, 4.69) is 15.4 Å². The standard InChI is InChI=1S/C29H35N3O6S/c1-29(2,3)31-28(34)32-39(35,36)26-17-22(27(33)30-18-19-8-9-19)12-15-25(26)38-24-7-5-6-21(16-24)20-10-13-23(37-4)14-11-20/h5-7,10-17,19,27,30,33H,8-9,18H2,1-4H3,(H2,31,32,34). The fraction of sp³-hybridized carbons (Fsp3) is 0.345. The molecule has 4 N–H and O–H groups in total. The molecule has 1 atom stereocenters. The maximum Gasteiger partial charge on any atom is 0.329 e. The van der Waals surface area contributed by atoms with Crippen molar-refractivity contribution in [2.24, 2.45) is 5.92 Å². The zero-order chi connectivity index (χ0) is 28.2. The number of aliphatic hydroxyl groups excluding tert-OH is 1. The first-order valence-electron chi connectivity index (χ1n) is 12.8. The highest BCUT2D eigenvalue weighted by atomic mass is 32.2. The van der Waals surface area contributed by atoms with Gasteiger partial charge in [0.25, 0.3) is 10.0 Å². The summed E-state index contributed by atoms with van der Waals surface area (Å²) < 4.78 is 40.1. The number of methoxy groups -OCH3 is 1. The summed E-state index contributed by atoms with van der Waals surface area (Å²) >= 11 is 0. The molecule has 2 amide bonds. The van der Waals surface area contributed by atoms with E-state index in [1.807, 2.05) is 30.3 Å². The third-order valence-corrected chi connectivity index (χ3v) is 7.42. The molecule has 0 radical (unpaired) electrons. The Bertz CT molecular complexity index is 1410. The lowest BCUT2D eigenvalue weighted by Gasteiger charge is -2.21. The number of hydrogen-bond donors (Lipinski definition) is 4. The summed E-state index contributed by atoms with van der Waals surface area (Å²) in [5.41, 5.74) is 1.48. The van der Waals surface area contributed by atoms with E-state index in [-0.39, 0.29) is 10.6 Å². The van der Waals surface area contributed by atoms with Crippen molar-refractivity contribution < 1.29 is 27.8 Å². The number of carbonyl (C=O) groups excluding carboxylic acids is 1. The predicted molar refractivity (Wildman–Crippen MR) is 149 cm³/mol. The molecule has 208 valence electrons. The molecule has 3 aromatic rings. The van der Waals surface area contributed by atoms with E-state index in [1.165, 1.54) is 12.1 Å². The number of ether oxygens (including phenoxy) is 2. The lowest BCUT2D eigenvalue weighted by Crippen LogP contribution is -2.48. The summed E-state index contributed by atoms with van der Waals surface area (Å²) in [5.74, 6) is 1.67. The Morgan fingerprint density at radius 3 is 2.36 bits per heavy atom. The number of nitrogens with one attached hydrogen (secondary N) is 3. The molecule has 0 heterocycles. The summed E-state index contributed by atoms with van der Waals surface area (Å²) in [6, 6.07) is 18.3. The normalized spacial score (nSPS) is 14.4. The summed E-state index contributed by atoms with van der Waals surface area (Å²) in [5, 5.41) is 16.3. The highest BCUT2D eigenvalue weighted by Gasteiger charge is 2.27. The molecule has 0 saturated heterocycles. The van der Waals surface area contributed by atoms with Crippen molar-refractivity contribution in [2.75, 3.05) is 13.7 Å². The molecule has 1 aliphatic rings. The van der Waals surface area contributed by atoms with Crippen LogP contribution in [0.2, 0.25) is 0 Å². The Hall–Kier alpha value is -3.60. The molecule has 1 unspecified atom stereocenters. The van der Waals surface area contributed by atoms with E-state index < -0.39 is 27.8 Å². The second-order valence-corrected chi connectivity index (χ2v) is 12.3. The number of hydrogen-bond acceptors (Lipinski definition) is 7. The minimum atomic E-state index is -4.37. The van der Waals surface area contributed by atoms with Crippen molar-refractivity contribution in [3.63, 3.8) is 0 Å². The topological polar surface area (TPSA) is 126 Å². The number of amides is 2. The molecule has 39 heavy (non-hydrogen) atoms. The maximum absolute atomic E-state index is 13.4. The monoisotopic (exact) mass is 553 g/mol. The van der Waals surface area contributed by atoms with Gasteiger partial charge in [0.15, 0.2) is 0 Å². The molecule has 1 saturated carbocycles. The number of carbonyl (C=O) groups is 1. The summed E-state index contributed by atoms with van der Waals surface area (Å²) in [6.07, 6.45) is 1.14. The van der Waals surface area contributed by atoms with Crippen molar-refractivity contribution in [1.82, 2.24) is 15.4 Å². The summed E-state index contributed by atoms with van der Waals surface area (Å²) in [4.78, 5) is 12.2. The van der Waals surface area contributed by atoms with Gasteiger partial charge < -0.3 is 19.9 Å². The molecule has 1 fully saturated rings. The lowest BCUT2D eigenvalue weighted by molar-refractivity contribution is 0.137. The van der Waals surface area contributed by atoms with Crippen LogP contribution in [0.15, 0.2) is 71.6 Å². The molecule has 0 bridgehead atoms. The van der Waals surface area contributed by atoms with Crippen LogP contribution < -0.4 is 24.8 Å². The SMILES string of the molecule is COc1ccc(-c2cccc(Oc3ccc(C(O)NCC4CC4)cc3S(=O)(=O)NC(=O)NC(C)(C)C)c2)cc1. The first-order valence-corrected chi connectivity index (χ1v) is 14.2. The van der Waals surface area contributed by atoms with Gasteiger partial charge in [-0.3, -0.25) is 5.32 Å². The van der Waals surface area contributed by atoms with Crippen molar-refractivity contribution in [3.05, 3.63) is 72.3 Å². The Labute approximate surface area is 229 Å². The Kier molecular flexibility index (Phi) is 8.48. The quantitative estimate of drug-likeness (QED) is 0.262. The second-order valence-electron chi connectivity index (χ2n) is 10.6. The van der Waals surface area contributed by atoms with Crippen LogP contribution in [0.3, 0.4) is 0 Å². The molecular weight excluding hydrogens is 518 g/mol. The highest BCUT2D eigenvalue weighted by molar-refractivity contribution is 7.90. The van der Waals surface area contributed by atoms with Gasteiger partial charge in [-0.2, -0.15) is 0 Å².